The topological polar surface area (TPSA) is 108 Å². The number of fused-ring (bicyclic) bond motifs is 1. The number of amides is 1. The van der Waals surface area contributed by atoms with Crippen molar-refractivity contribution >= 4 is 27.9 Å². The number of carbonyl (C=O) groups is 1. The summed E-state index contributed by atoms with van der Waals surface area (Å²) >= 11 is 1.66. The molecular weight excluding hydrogens is 514 g/mol. The molecule has 5 rings (SSSR count). The Labute approximate surface area is 232 Å². The summed E-state index contributed by atoms with van der Waals surface area (Å²) in [5.41, 5.74) is 4.43. The molecule has 0 radical (unpaired) electrons. The molecule has 1 amide bonds. The van der Waals surface area contributed by atoms with Crippen molar-refractivity contribution in [2.75, 3.05) is 51.3 Å². The van der Waals surface area contributed by atoms with Crippen LogP contribution in [0.4, 0.5) is 5.00 Å². The summed E-state index contributed by atoms with van der Waals surface area (Å²) in [4.78, 5) is 28.5. The van der Waals surface area contributed by atoms with Gasteiger partial charge in [0.05, 0.1) is 31.2 Å². The molecule has 1 aliphatic rings. The van der Waals surface area contributed by atoms with E-state index in [-0.39, 0.29) is 17.9 Å². The van der Waals surface area contributed by atoms with Crippen molar-refractivity contribution in [3.63, 3.8) is 0 Å². The first-order chi connectivity index (χ1) is 18.8. The van der Waals surface area contributed by atoms with Crippen LogP contribution in [0.3, 0.4) is 0 Å². The second kappa shape index (κ2) is 11.3. The Morgan fingerprint density at radius 2 is 2.05 bits per heavy atom. The number of hydrogen-bond donors (Lipinski definition) is 1. The molecule has 5 heterocycles. The number of piperazine rings is 1. The van der Waals surface area contributed by atoms with E-state index >= 15 is 0 Å². The monoisotopic (exact) mass is 551 g/mol. The molecule has 0 spiro atoms. The van der Waals surface area contributed by atoms with E-state index in [1.54, 1.807) is 23.0 Å². The van der Waals surface area contributed by atoms with Gasteiger partial charge in [0.2, 0.25) is 5.91 Å². The molecule has 11 nitrogen and oxygen atoms in total. The fourth-order valence-electron chi connectivity index (χ4n) is 5.24. The third-order valence-electron chi connectivity index (χ3n) is 7.44. The lowest BCUT2D eigenvalue weighted by Gasteiger charge is -2.40. The maximum atomic E-state index is 12.9. The number of anilines is 1. The Morgan fingerprint density at radius 3 is 2.74 bits per heavy atom. The first kappa shape index (κ1) is 27.1. The van der Waals surface area contributed by atoms with Crippen LogP contribution in [0.1, 0.15) is 46.1 Å². The quantitative estimate of drug-likeness (QED) is 0.335. The smallest absolute Gasteiger partial charge is 0.236 e. The molecule has 1 atom stereocenters. The van der Waals surface area contributed by atoms with Crippen LogP contribution in [0.2, 0.25) is 0 Å². The third-order valence-corrected chi connectivity index (χ3v) is 8.49. The van der Waals surface area contributed by atoms with Crippen molar-refractivity contribution < 1.29 is 9.53 Å². The molecule has 1 aliphatic heterocycles. The summed E-state index contributed by atoms with van der Waals surface area (Å²) in [5.74, 6) is 1.06. The highest BCUT2D eigenvalue weighted by molar-refractivity contribution is 7.18. The summed E-state index contributed by atoms with van der Waals surface area (Å²) in [5, 5.41) is 14.3. The van der Waals surface area contributed by atoms with Crippen LogP contribution in [0.15, 0.2) is 24.8 Å². The minimum atomic E-state index is 0.205. The van der Waals surface area contributed by atoms with Crippen LogP contribution in [0.25, 0.3) is 27.6 Å². The highest BCUT2D eigenvalue weighted by atomic mass is 32.1. The zero-order valence-corrected chi connectivity index (χ0v) is 24.3. The van der Waals surface area contributed by atoms with E-state index in [1.807, 2.05) is 23.4 Å². The average Bonchev–Trinajstić information content (AvgIpc) is 3.69. The van der Waals surface area contributed by atoms with Crippen molar-refractivity contribution in [3.05, 3.63) is 30.4 Å². The van der Waals surface area contributed by atoms with Gasteiger partial charge in [-0.25, -0.2) is 14.5 Å². The number of methoxy groups -OCH3 is 1. The van der Waals surface area contributed by atoms with Crippen LogP contribution in [0, 0.1) is 0 Å². The van der Waals surface area contributed by atoms with Crippen molar-refractivity contribution in [2.45, 2.75) is 46.6 Å². The highest BCUT2D eigenvalue weighted by Crippen LogP contribution is 2.40. The molecule has 1 fully saturated rings. The van der Waals surface area contributed by atoms with Gasteiger partial charge in [0.1, 0.15) is 16.3 Å². The van der Waals surface area contributed by atoms with E-state index in [0.29, 0.717) is 24.5 Å². The van der Waals surface area contributed by atoms with Gasteiger partial charge in [-0.15, -0.1) is 0 Å². The number of carbonyl (C=O) groups excluding carboxylic acids is 1. The second-order valence-electron chi connectivity index (χ2n) is 10.2. The summed E-state index contributed by atoms with van der Waals surface area (Å²) in [7, 11) is 1.63. The van der Waals surface area contributed by atoms with Gasteiger partial charge in [-0.2, -0.15) is 10.2 Å². The molecule has 1 N–H and O–H groups in total. The molecule has 0 aromatic carbocycles. The second-order valence-corrected chi connectivity index (χ2v) is 11.2. The van der Waals surface area contributed by atoms with Crippen LogP contribution in [-0.4, -0.2) is 97.9 Å². The van der Waals surface area contributed by atoms with E-state index in [9.17, 15) is 4.79 Å². The number of nitrogens with zero attached hydrogens (tertiary/aromatic N) is 8. The number of hydrogen-bond acceptors (Lipinski definition) is 9. The Bertz CT molecular complexity index is 1440. The molecule has 0 saturated carbocycles. The summed E-state index contributed by atoms with van der Waals surface area (Å²) in [6.45, 7) is 15.2. The minimum Gasteiger partial charge on any atom is -0.493 e. The zero-order valence-electron chi connectivity index (χ0n) is 23.5. The molecule has 39 heavy (non-hydrogen) atoms. The van der Waals surface area contributed by atoms with Gasteiger partial charge in [-0.3, -0.25) is 14.8 Å². The Morgan fingerprint density at radius 1 is 1.26 bits per heavy atom. The van der Waals surface area contributed by atoms with Gasteiger partial charge in [-0.05, 0) is 32.0 Å². The summed E-state index contributed by atoms with van der Waals surface area (Å²) < 4.78 is 7.28. The molecule has 12 heteroatoms. The van der Waals surface area contributed by atoms with Crippen LogP contribution < -0.4 is 9.64 Å². The largest absolute Gasteiger partial charge is 0.493 e. The molecule has 4 aromatic heterocycles. The SMILES string of the molecule is CCN(CC)CC(=O)N1CCN(c2cnc(-c3[nH]nc(-c4cc(OC)c5ncnn5c4)c3C(C)C)s2)C(C)C1. The van der Waals surface area contributed by atoms with Crippen LogP contribution in [0.5, 0.6) is 5.75 Å². The minimum absolute atomic E-state index is 0.205. The number of H-pyrrole nitrogens is 1. The lowest BCUT2D eigenvalue weighted by Crippen LogP contribution is -2.55. The van der Waals surface area contributed by atoms with Gasteiger partial charge in [-0.1, -0.05) is 39.0 Å². The van der Waals surface area contributed by atoms with Gasteiger partial charge in [0, 0.05) is 43.0 Å². The molecule has 1 unspecified atom stereocenters. The number of nitrogens with one attached hydrogen (secondary N) is 1. The maximum absolute atomic E-state index is 12.9. The normalized spacial score (nSPS) is 16.2. The van der Waals surface area contributed by atoms with E-state index in [2.05, 4.69) is 59.6 Å². The maximum Gasteiger partial charge on any atom is 0.236 e. The van der Waals surface area contributed by atoms with Gasteiger partial charge in [0.15, 0.2) is 11.4 Å². The first-order valence-electron chi connectivity index (χ1n) is 13.5. The van der Waals surface area contributed by atoms with Gasteiger partial charge >= 0.3 is 0 Å². The van der Waals surface area contributed by atoms with Crippen molar-refractivity contribution in [1.82, 2.24) is 39.6 Å². The van der Waals surface area contributed by atoms with Crippen LogP contribution in [-0.2, 0) is 4.79 Å². The standard InChI is InChI=1S/C27H37N9O2S/c1-7-33(8-2)15-21(37)34-9-10-35(18(5)13-34)22-12-28-27(39-22)25-23(17(3)4)24(31-32-25)19-11-20(38-6)26-29-16-30-36(26)14-19/h11-12,14,16-18H,7-10,13,15H2,1-6H3,(H,31,32). The van der Waals surface area contributed by atoms with Gasteiger partial charge in [0.25, 0.3) is 0 Å². The number of rotatable bonds is 9. The zero-order chi connectivity index (χ0) is 27.7. The third kappa shape index (κ3) is 5.22. The molecule has 0 aliphatic carbocycles. The number of ether oxygens (including phenoxy) is 1. The Hall–Kier alpha value is -3.51. The van der Waals surface area contributed by atoms with E-state index < -0.39 is 0 Å². The number of thiazole rings is 1. The Kier molecular flexibility index (Phi) is 7.85. The summed E-state index contributed by atoms with van der Waals surface area (Å²) in [6, 6.07) is 2.16. The molecule has 1 saturated heterocycles. The van der Waals surface area contributed by atoms with Gasteiger partial charge < -0.3 is 14.5 Å². The number of aromatic amines is 1. The predicted molar refractivity (Wildman–Crippen MR) is 153 cm³/mol. The molecule has 208 valence electrons. The van der Waals surface area contributed by atoms with Crippen LogP contribution >= 0.6 is 11.3 Å². The van der Waals surface area contributed by atoms with E-state index in [4.69, 9.17) is 14.8 Å². The Balaban J connectivity index is 1.38. The lowest BCUT2D eigenvalue weighted by molar-refractivity contribution is -0.133. The fraction of sp³-hybridized carbons (Fsp3) is 0.519. The molecule has 0 bridgehead atoms. The van der Waals surface area contributed by atoms with E-state index in [0.717, 1.165) is 58.7 Å². The highest BCUT2D eigenvalue weighted by Gasteiger charge is 2.29. The number of aromatic nitrogens is 6. The predicted octanol–water partition coefficient (Wildman–Crippen LogP) is 3.75. The molecule has 4 aromatic rings. The van der Waals surface area contributed by atoms with Crippen molar-refractivity contribution in [2.24, 2.45) is 0 Å². The molecular formula is C27H37N9O2S. The first-order valence-corrected chi connectivity index (χ1v) is 14.3. The average molecular weight is 552 g/mol. The fourth-order valence-corrected chi connectivity index (χ4v) is 6.29. The number of pyridine rings is 1. The van der Waals surface area contributed by atoms with E-state index in [1.165, 1.54) is 6.33 Å². The van der Waals surface area contributed by atoms with Crippen molar-refractivity contribution in [1.29, 1.82) is 0 Å². The lowest BCUT2D eigenvalue weighted by atomic mass is 9.97. The van der Waals surface area contributed by atoms with Crippen molar-refractivity contribution in [3.8, 4) is 27.7 Å². The number of likely N-dealkylation sites (N-methyl/N-ethyl adjacent to an activating group) is 1. The summed E-state index contributed by atoms with van der Waals surface area (Å²) in [6.07, 6.45) is 5.38.